The van der Waals surface area contributed by atoms with Gasteiger partial charge < -0.3 is 15.5 Å². The highest BCUT2D eigenvalue weighted by Gasteiger charge is 2.37. The van der Waals surface area contributed by atoms with E-state index < -0.39 is 23.9 Å². The van der Waals surface area contributed by atoms with Gasteiger partial charge in [-0.25, -0.2) is 14.2 Å². The highest BCUT2D eigenvalue weighted by Crippen LogP contribution is 2.34. The summed E-state index contributed by atoms with van der Waals surface area (Å²) in [5.74, 6) is -0.258. The van der Waals surface area contributed by atoms with Gasteiger partial charge in [0.25, 0.3) is 5.91 Å². The van der Waals surface area contributed by atoms with Gasteiger partial charge in [0.2, 0.25) is 12.1 Å². The first-order valence-corrected chi connectivity index (χ1v) is 14.5. The molecule has 9 heteroatoms. The van der Waals surface area contributed by atoms with Gasteiger partial charge in [0.1, 0.15) is 12.4 Å². The van der Waals surface area contributed by atoms with Gasteiger partial charge >= 0.3 is 6.03 Å². The Morgan fingerprint density at radius 3 is 2.19 bits per heavy atom. The molecule has 0 unspecified atom stereocenters. The number of para-hydroxylation sites is 2. The lowest BCUT2D eigenvalue weighted by molar-refractivity contribution is -0.132. The van der Waals surface area contributed by atoms with Crippen LogP contribution in [0.3, 0.4) is 0 Å². The van der Waals surface area contributed by atoms with Crippen LogP contribution in [-0.4, -0.2) is 54.3 Å². The highest BCUT2D eigenvalue weighted by atomic mass is 19.1. The molecule has 3 fully saturated rings. The van der Waals surface area contributed by atoms with Gasteiger partial charge in [0.15, 0.2) is 0 Å². The normalized spacial score (nSPS) is 21.6. The number of amides is 4. The minimum atomic E-state index is -1.40. The molecule has 1 aliphatic carbocycles. The first kappa shape index (κ1) is 27.6. The number of nitrogens with one attached hydrogen (secondary N) is 2. The average molecular weight is 568 g/mol. The second-order valence-electron chi connectivity index (χ2n) is 11.4. The summed E-state index contributed by atoms with van der Waals surface area (Å²) in [6, 6.07) is 19.9. The van der Waals surface area contributed by atoms with Gasteiger partial charge in [-0.15, -0.1) is 0 Å². The number of anilines is 2. The minimum absolute atomic E-state index is 0.144. The number of carbonyl (C=O) groups is 3. The van der Waals surface area contributed by atoms with Crippen molar-refractivity contribution in [3.63, 3.8) is 0 Å². The molecule has 3 aliphatic heterocycles. The number of aryl methyl sites for hydroxylation is 1. The lowest BCUT2D eigenvalue weighted by atomic mass is 9.84. The number of urea groups is 1. The molecule has 1 atom stereocenters. The van der Waals surface area contributed by atoms with E-state index in [-0.39, 0.29) is 23.7 Å². The third-order valence-corrected chi connectivity index (χ3v) is 8.57. The maximum atomic E-state index is 15.1. The Morgan fingerprint density at radius 2 is 1.50 bits per heavy atom. The lowest BCUT2D eigenvalue weighted by Gasteiger charge is -2.29. The van der Waals surface area contributed by atoms with Gasteiger partial charge in [0, 0.05) is 29.9 Å². The number of benzodiazepines with no additional fused rings is 1. The Morgan fingerprint density at radius 1 is 0.881 bits per heavy atom. The zero-order chi connectivity index (χ0) is 29.2. The van der Waals surface area contributed by atoms with Gasteiger partial charge in [-0.2, -0.15) is 0 Å². The number of rotatable bonds is 5. The van der Waals surface area contributed by atoms with Crippen LogP contribution in [0.2, 0.25) is 0 Å². The van der Waals surface area contributed by atoms with E-state index in [4.69, 9.17) is 0 Å². The summed E-state index contributed by atoms with van der Waals surface area (Å²) in [5.41, 5.74) is 2.80. The molecule has 0 spiro atoms. The Hall–Kier alpha value is -4.53. The van der Waals surface area contributed by atoms with E-state index in [1.165, 1.54) is 11.0 Å². The van der Waals surface area contributed by atoms with Crippen molar-refractivity contribution in [2.45, 2.75) is 38.8 Å². The van der Waals surface area contributed by atoms with Crippen LogP contribution >= 0.6 is 0 Å². The van der Waals surface area contributed by atoms with Gasteiger partial charge in [-0.3, -0.25) is 14.5 Å². The molecule has 8 nitrogen and oxygen atoms in total. The van der Waals surface area contributed by atoms with Crippen molar-refractivity contribution in [2.75, 3.05) is 29.9 Å². The number of halogens is 1. The summed E-state index contributed by atoms with van der Waals surface area (Å²) in [6.45, 7) is 3.04. The quantitative estimate of drug-likeness (QED) is 0.449. The fourth-order valence-electron chi connectivity index (χ4n) is 6.28. The predicted octanol–water partition coefficient (Wildman–Crippen LogP) is 5.11. The molecule has 3 heterocycles. The Bertz CT molecular complexity index is 1530. The van der Waals surface area contributed by atoms with Crippen LogP contribution in [0.25, 0.3) is 0 Å². The fraction of sp³-hybridized carbons (Fsp3) is 0.333. The Kier molecular flexibility index (Phi) is 7.73. The van der Waals surface area contributed by atoms with E-state index in [0.29, 0.717) is 41.9 Å². The number of fused-ring (bicyclic) bond motifs is 5. The first-order valence-electron chi connectivity index (χ1n) is 14.5. The van der Waals surface area contributed by atoms with Crippen molar-refractivity contribution in [1.82, 2.24) is 10.2 Å². The predicted molar refractivity (Wildman–Crippen MR) is 160 cm³/mol. The van der Waals surface area contributed by atoms with Crippen LogP contribution in [0.5, 0.6) is 0 Å². The molecule has 4 aliphatic rings. The number of hydrogen-bond acceptors (Lipinski definition) is 4. The zero-order valence-corrected chi connectivity index (χ0v) is 23.6. The van der Waals surface area contributed by atoms with Crippen molar-refractivity contribution < 1.29 is 18.8 Å². The first-order chi connectivity index (χ1) is 20.4. The number of nitrogens with zero attached hydrogens (tertiary/aromatic N) is 3. The summed E-state index contributed by atoms with van der Waals surface area (Å²) in [5, 5.41) is 5.46. The Labute approximate surface area is 244 Å². The van der Waals surface area contributed by atoms with Gasteiger partial charge in [0.05, 0.1) is 11.4 Å². The van der Waals surface area contributed by atoms with Crippen molar-refractivity contribution in [3.8, 4) is 0 Å². The molecule has 4 amide bonds. The van der Waals surface area contributed by atoms with Crippen molar-refractivity contribution in [3.05, 3.63) is 95.3 Å². The molecular weight excluding hydrogens is 533 g/mol. The standard InChI is InChI=1S/C33H34FN5O3/c1-21-8-2-6-12-27(21)35-33(42)37-31-32(41)39(20-29(40)38-18-22-14-15-23(19-38)17-16-22)28-13-7-4-10-25(28)30(36-31)24-9-3-5-11-26(24)34/h2-13,22-23,31H,14-20H2,1H3,(H2,35,37,42)/t22?,23?,31-/m0/s1. The van der Waals surface area contributed by atoms with Gasteiger partial charge in [-0.1, -0.05) is 48.5 Å². The highest BCUT2D eigenvalue weighted by molar-refractivity contribution is 6.21. The van der Waals surface area contributed by atoms with Crippen LogP contribution in [0, 0.1) is 24.6 Å². The number of hydrogen-bond donors (Lipinski definition) is 2. The van der Waals surface area contributed by atoms with Crippen LogP contribution in [-0.2, 0) is 9.59 Å². The van der Waals surface area contributed by atoms with Crippen molar-refractivity contribution in [2.24, 2.45) is 16.8 Å². The van der Waals surface area contributed by atoms with E-state index in [0.717, 1.165) is 31.2 Å². The summed E-state index contributed by atoms with van der Waals surface area (Å²) in [4.78, 5) is 49.0. The van der Waals surface area contributed by atoms with Gasteiger partial charge in [-0.05, 0) is 74.3 Å². The zero-order valence-electron chi connectivity index (χ0n) is 23.6. The number of carbonyl (C=O) groups excluding carboxylic acids is 3. The third-order valence-electron chi connectivity index (χ3n) is 8.57. The summed E-state index contributed by atoms with van der Waals surface area (Å²) < 4.78 is 15.1. The SMILES string of the molecule is Cc1ccccc1NC(=O)N[C@@H]1N=C(c2ccccc2F)c2ccccc2N(CC(=O)N2CC3CCC(CC3)C2)C1=O. The molecule has 216 valence electrons. The van der Waals surface area contributed by atoms with Crippen molar-refractivity contribution in [1.29, 1.82) is 0 Å². The van der Waals surface area contributed by atoms with Crippen LogP contribution in [0.1, 0.15) is 42.4 Å². The molecule has 2 N–H and O–H groups in total. The summed E-state index contributed by atoms with van der Waals surface area (Å²) in [7, 11) is 0. The molecular formula is C33H34FN5O3. The molecule has 2 saturated heterocycles. The summed E-state index contributed by atoms with van der Waals surface area (Å²) >= 11 is 0. The lowest BCUT2D eigenvalue weighted by Crippen LogP contribution is -2.52. The third kappa shape index (κ3) is 5.64. The molecule has 0 aromatic heterocycles. The number of benzene rings is 3. The maximum Gasteiger partial charge on any atom is 0.321 e. The van der Waals surface area contributed by atoms with E-state index in [1.807, 2.05) is 24.0 Å². The molecule has 42 heavy (non-hydrogen) atoms. The molecule has 3 aromatic rings. The second-order valence-corrected chi connectivity index (χ2v) is 11.4. The fourth-order valence-corrected chi connectivity index (χ4v) is 6.28. The molecule has 7 rings (SSSR count). The van der Waals surface area contributed by atoms with Crippen LogP contribution in [0.4, 0.5) is 20.6 Å². The second kappa shape index (κ2) is 11.8. The Balaban J connectivity index is 1.36. The molecule has 0 radical (unpaired) electrons. The number of aliphatic imine (C=N–C) groups is 1. The summed E-state index contributed by atoms with van der Waals surface area (Å²) in [6.07, 6.45) is 3.11. The average Bonchev–Trinajstić information content (AvgIpc) is 3.38. The largest absolute Gasteiger partial charge is 0.341 e. The van der Waals surface area contributed by atoms with E-state index >= 15 is 4.39 Å². The van der Waals surface area contributed by atoms with E-state index in [2.05, 4.69) is 15.6 Å². The van der Waals surface area contributed by atoms with Crippen LogP contribution < -0.4 is 15.5 Å². The van der Waals surface area contributed by atoms with E-state index in [1.54, 1.807) is 54.6 Å². The molecule has 1 saturated carbocycles. The maximum absolute atomic E-state index is 15.1. The van der Waals surface area contributed by atoms with Crippen LogP contribution in [0.15, 0.2) is 77.8 Å². The minimum Gasteiger partial charge on any atom is -0.341 e. The van der Waals surface area contributed by atoms with Crippen molar-refractivity contribution >= 4 is 34.9 Å². The molecule has 3 aromatic carbocycles. The van der Waals surface area contributed by atoms with E-state index in [9.17, 15) is 14.4 Å². The monoisotopic (exact) mass is 567 g/mol. The molecule has 2 bridgehead atoms. The topological polar surface area (TPSA) is 94.1 Å². The smallest absolute Gasteiger partial charge is 0.321 e.